The molecule has 26 heavy (non-hydrogen) atoms. The van der Waals surface area contributed by atoms with Crippen LogP contribution in [0.3, 0.4) is 0 Å². The molecule has 0 radical (unpaired) electrons. The first-order valence-electron chi connectivity index (χ1n) is 8.59. The molecule has 1 N–H and O–H groups in total. The molecule has 0 saturated carbocycles. The Morgan fingerprint density at radius 2 is 1.92 bits per heavy atom. The van der Waals surface area contributed by atoms with Crippen LogP contribution in [-0.2, 0) is 9.53 Å². The van der Waals surface area contributed by atoms with Gasteiger partial charge in [-0.1, -0.05) is 54.1 Å². The molecule has 0 unspecified atom stereocenters. The van der Waals surface area contributed by atoms with Gasteiger partial charge in [-0.15, -0.1) is 0 Å². The average Bonchev–Trinajstić information content (AvgIpc) is 2.63. The van der Waals surface area contributed by atoms with Gasteiger partial charge in [0.2, 0.25) is 5.91 Å². The lowest BCUT2D eigenvalue weighted by Gasteiger charge is -2.52. The molecule has 0 bridgehead atoms. The maximum atomic E-state index is 12.3. The fraction of sp³-hybridized carbons (Fsp3) is 0.333. The second-order valence-electron chi connectivity index (χ2n) is 6.54. The van der Waals surface area contributed by atoms with Crippen molar-refractivity contribution >= 4 is 5.91 Å². The van der Waals surface area contributed by atoms with E-state index in [-0.39, 0.29) is 25.0 Å². The Morgan fingerprint density at radius 3 is 2.54 bits per heavy atom. The normalized spacial score (nSPS) is 21.8. The molecule has 2 aromatic rings. The number of nitrogens with zero attached hydrogens (tertiary/aromatic N) is 2. The van der Waals surface area contributed by atoms with Crippen molar-refractivity contribution in [1.29, 1.82) is 5.26 Å². The predicted octanol–water partition coefficient (Wildman–Crippen LogP) is 2.49. The van der Waals surface area contributed by atoms with Crippen LogP contribution in [0, 0.1) is 18.3 Å². The summed E-state index contributed by atoms with van der Waals surface area (Å²) in [7, 11) is 1.44. The van der Waals surface area contributed by atoms with Crippen LogP contribution in [0.4, 0.5) is 0 Å². The van der Waals surface area contributed by atoms with E-state index in [0.717, 1.165) is 16.7 Å². The second kappa shape index (κ2) is 7.69. The zero-order valence-electron chi connectivity index (χ0n) is 14.9. The lowest BCUT2D eigenvalue weighted by molar-refractivity contribution is -0.150. The number of carbonyl (C=O) groups excluding carboxylic acids is 1. The molecule has 0 aliphatic carbocycles. The molecule has 0 aromatic heterocycles. The molecule has 0 spiro atoms. The number of methoxy groups -OCH3 is 1. The largest absolute Gasteiger partial charge is 0.394 e. The van der Waals surface area contributed by atoms with E-state index in [4.69, 9.17) is 4.74 Å². The smallest absolute Gasteiger partial charge is 0.249 e. The zero-order valence-corrected chi connectivity index (χ0v) is 14.9. The summed E-state index contributed by atoms with van der Waals surface area (Å²) in [5, 5.41) is 19.5. The highest BCUT2D eigenvalue weighted by atomic mass is 16.5. The molecule has 5 nitrogen and oxygen atoms in total. The summed E-state index contributed by atoms with van der Waals surface area (Å²) in [5.74, 6) is -0.509. The molecule has 134 valence electrons. The Morgan fingerprint density at radius 1 is 1.23 bits per heavy atom. The standard InChI is InChI=1S/C21H22N2O3/c1-14-7-9-15(10-8-14)16-5-3-4-6-17(16)21-18(11-22)23(19(21)12-24)20(25)13-26-2/h3-10,18-19,21,24H,12-13H2,1-2H3/t18-,19-,21+/m0/s1. The highest BCUT2D eigenvalue weighted by Gasteiger charge is 2.52. The van der Waals surface area contributed by atoms with Gasteiger partial charge < -0.3 is 14.7 Å². The number of hydrogen-bond acceptors (Lipinski definition) is 4. The monoisotopic (exact) mass is 350 g/mol. The van der Waals surface area contributed by atoms with Gasteiger partial charge >= 0.3 is 0 Å². The number of aliphatic hydroxyl groups excluding tert-OH is 1. The lowest BCUT2D eigenvalue weighted by Crippen LogP contribution is -2.66. The summed E-state index contributed by atoms with van der Waals surface area (Å²) >= 11 is 0. The summed E-state index contributed by atoms with van der Waals surface area (Å²) in [6.45, 7) is 1.75. The van der Waals surface area contributed by atoms with E-state index in [1.54, 1.807) is 0 Å². The van der Waals surface area contributed by atoms with E-state index >= 15 is 0 Å². The lowest BCUT2D eigenvalue weighted by atomic mass is 9.73. The molecular formula is C21H22N2O3. The number of rotatable bonds is 5. The third-order valence-electron chi connectivity index (χ3n) is 4.97. The molecule has 1 heterocycles. The van der Waals surface area contributed by atoms with Gasteiger partial charge in [0.25, 0.3) is 0 Å². The highest BCUT2D eigenvalue weighted by Crippen LogP contribution is 2.44. The molecule has 2 aromatic carbocycles. The van der Waals surface area contributed by atoms with E-state index in [9.17, 15) is 15.2 Å². The number of nitriles is 1. The molecule has 1 fully saturated rings. The number of benzene rings is 2. The molecule has 3 rings (SSSR count). The topological polar surface area (TPSA) is 73.6 Å². The van der Waals surface area contributed by atoms with Crippen molar-refractivity contribution in [1.82, 2.24) is 4.90 Å². The number of hydrogen-bond donors (Lipinski definition) is 1. The molecule has 3 atom stereocenters. The maximum Gasteiger partial charge on any atom is 0.249 e. The summed E-state index contributed by atoms with van der Waals surface area (Å²) in [6.07, 6.45) is 0. The van der Waals surface area contributed by atoms with Gasteiger partial charge in [-0.25, -0.2) is 0 Å². The number of ether oxygens (including phenoxy) is 1. The number of aryl methyl sites for hydroxylation is 1. The van der Waals surface area contributed by atoms with Crippen molar-refractivity contribution < 1.29 is 14.6 Å². The summed E-state index contributed by atoms with van der Waals surface area (Å²) in [5.41, 5.74) is 4.23. The van der Waals surface area contributed by atoms with Crippen LogP contribution in [-0.4, -0.2) is 48.3 Å². The van der Waals surface area contributed by atoms with Crippen molar-refractivity contribution in [3.63, 3.8) is 0 Å². The summed E-state index contributed by atoms with van der Waals surface area (Å²) < 4.78 is 4.91. The van der Waals surface area contributed by atoms with Gasteiger partial charge in [0, 0.05) is 13.0 Å². The van der Waals surface area contributed by atoms with Crippen LogP contribution in [0.15, 0.2) is 48.5 Å². The molecule has 5 heteroatoms. The van der Waals surface area contributed by atoms with Crippen LogP contribution >= 0.6 is 0 Å². The van der Waals surface area contributed by atoms with E-state index in [1.165, 1.54) is 17.6 Å². The van der Waals surface area contributed by atoms with E-state index < -0.39 is 12.1 Å². The maximum absolute atomic E-state index is 12.3. The molecule has 1 amide bonds. The van der Waals surface area contributed by atoms with E-state index in [2.05, 4.69) is 18.2 Å². The Balaban J connectivity index is 2.00. The van der Waals surface area contributed by atoms with Gasteiger partial charge in [-0.3, -0.25) is 4.79 Å². The van der Waals surface area contributed by atoms with Crippen molar-refractivity contribution in [2.24, 2.45) is 0 Å². The zero-order chi connectivity index (χ0) is 18.7. The second-order valence-corrected chi connectivity index (χ2v) is 6.54. The number of aliphatic hydroxyl groups is 1. The average molecular weight is 350 g/mol. The molecule has 1 saturated heterocycles. The van der Waals surface area contributed by atoms with Crippen LogP contribution in [0.2, 0.25) is 0 Å². The summed E-state index contributed by atoms with van der Waals surface area (Å²) in [6, 6.07) is 17.3. The van der Waals surface area contributed by atoms with Gasteiger partial charge in [-0.05, 0) is 23.6 Å². The van der Waals surface area contributed by atoms with Gasteiger partial charge in [-0.2, -0.15) is 5.26 Å². The third-order valence-corrected chi connectivity index (χ3v) is 4.97. The first kappa shape index (κ1) is 18.1. The fourth-order valence-electron chi connectivity index (χ4n) is 3.70. The van der Waals surface area contributed by atoms with Crippen molar-refractivity contribution in [2.75, 3.05) is 20.3 Å². The minimum atomic E-state index is -0.610. The van der Waals surface area contributed by atoms with Gasteiger partial charge in [0.1, 0.15) is 12.6 Å². The minimum absolute atomic E-state index is 0.0962. The van der Waals surface area contributed by atoms with Crippen LogP contribution in [0.5, 0.6) is 0 Å². The van der Waals surface area contributed by atoms with Crippen LogP contribution in [0.1, 0.15) is 17.0 Å². The molecule has 1 aliphatic rings. The molecular weight excluding hydrogens is 328 g/mol. The highest BCUT2D eigenvalue weighted by molar-refractivity contribution is 5.81. The van der Waals surface area contributed by atoms with E-state index in [1.807, 2.05) is 43.3 Å². The van der Waals surface area contributed by atoms with Crippen LogP contribution in [0.25, 0.3) is 11.1 Å². The van der Waals surface area contributed by atoms with Crippen molar-refractivity contribution in [3.05, 3.63) is 59.7 Å². The minimum Gasteiger partial charge on any atom is -0.394 e. The Hall–Kier alpha value is -2.68. The van der Waals surface area contributed by atoms with Crippen LogP contribution < -0.4 is 0 Å². The van der Waals surface area contributed by atoms with Crippen molar-refractivity contribution in [3.8, 4) is 17.2 Å². The van der Waals surface area contributed by atoms with Crippen molar-refractivity contribution in [2.45, 2.75) is 24.9 Å². The number of carbonyl (C=O) groups is 1. The third kappa shape index (κ3) is 3.10. The number of likely N-dealkylation sites (tertiary alicyclic amines) is 1. The SMILES string of the molecule is COCC(=O)N1[C@@H](C#N)[C@@H](c2ccccc2-c2ccc(C)cc2)[C@@H]1CO. The number of amides is 1. The Bertz CT molecular complexity index is 826. The first-order chi connectivity index (χ1) is 12.6. The fourth-order valence-corrected chi connectivity index (χ4v) is 3.70. The van der Waals surface area contributed by atoms with Gasteiger partial charge in [0.15, 0.2) is 0 Å². The predicted molar refractivity (Wildman–Crippen MR) is 98.4 cm³/mol. The Labute approximate surface area is 153 Å². The Kier molecular flexibility index (Phi) is 5.36. The first-order valence-corrected chi connectivity index (χ1v) is 8.59. The van der Waals surface area contributed by atoms with Gasteiger partial charge in [0.05, 0.1) is 18.7 Å². The van der Waals surface area contributed by atoms with E-state index in [0.29, 0.717) is 0 Å². The molecule has 1 aliphatic heterocycles. The summed E-state index contributed by atoms with van der Waals surface area (Å²) in [4.78, 5) is 13.7. The quantitative estimate of drug-likeness (QED) is 0.899.